The minimum Gasteiger partial charge on any atom is -0.371 e. The van der Waals surface area contributed by atoms with Crippen molar-refractivity contribution in [3.8, 4) is 12.1 Å². The molecular formula is C16H20N4S2. The van der Waals surface area contributed by atoms with E-state index in [1.807, 2.05) is 40.1 Å². The molecular weight excluding hydrogens is 312 g/mol. The van der Waals surface area contributed by atoms with Gasteiger partial charge in [-0.05, 0) is 26.7 Å². The van der Waals surface area contributed by atoms with Gasteiger partial charge in [0, 0.05) is 22.2 Å². The van der Waals surface area contributed by atoms with Gasteiger partial charge in [-0.25, -0.2) is 0 Å². The maximum Gasteiger partial charge on any atom is 0.124 e. The monoisotopic (exact) mass is 332 g/mol. The maximum atomic E-state index is 9.82. The predicted octanol–water partition coefficient (Wildman–Crippen LogP) is 3.94. The Kier molecular flexibility index (Phi) is 4.84. The highest BCUT2D eigenvalue weighted by atomic mass is 32.2. The van der Waals surface area contributed by atoms with Gasteiger partial charge in [0.1, 0.15) is 9.74 Å². The molecule has 0 radical (unpaired) electrons. The molecule has 0 saturated carbocycles. The minimum atomic E-state index is -0.537. The molecule has 2 rings (SSSR count). The third-order valence-electron chi connectivity index (χ3n) is 3.96. The molecule has 0 aromatic heterocycles. The standard InChI is InChI=1S/C16H20N4S2/c1-5-15(19-9-11(3)21-15)13(7-17)14(8-18)16(6-2)20-10-12(4)22-16/h9-10,19-20H,5-6H2,1-4H3/b14-13+. The van der Waals surface area contributed by atoms with Gasteiger partial charge in [0.2, 0.25) is 0 Å². The molecule has 2 atom stereocenters. The number of allylic oxidation sites excluding steroid dienone is 2. The summed E-state index contributed by atoms with van der Waals surface area (Å²) in [5.41, 5.74) is 1.06. The molecule has 0 aromatic carbocycles. The van der Waals surface area contributed by atoms with Crippen LogP contribution in [0.25, 0.3) is 0 Å². The van der Waals surface area contributed by atoms with E-state index in [1.54, 1.807) is 23.5 Å². The molecule has 4 nitrogen and oxygen atoms in total. The summed E-state index contributed by atoms with van der Waals surface area (Å²) in [6.45, 7) is 8.10. The largest absolute Gasteiger partial charge is 0.371 e. The van der Waals surface area contributed by atoms with Crippen molar-refractivity contribution in [3.63, 3.8) is 0 Å². The van der Waals surface area contributed by atoms with Gasteiger partial charge in [0.15, 0.2) is 0 Å². The Bertz CT molecular complexity index is 594. The zero-order valence-electron chi connectivity index (χ0n) is 13.3. The molecule has 2 unspecified atom stereocenters. The van der Waals surface area contributed by atoms with Gasteiger partial charge >= 0.3 is 0 Å². The normalized spacial score (nSPS) is 31.2. The van der Waals surface area contributed by atoms with Gasteiger partial charge in [-0.2, -0.15) is 10.5 Å². The van der Waals surface area contributed by atoms with Crippen LogP contribution in [0.15, 0.2) is 33.4 Å². The Morgan fingerprint density at radius 2 is 1.32 bits per heavy atom. The first-order valence-corrected chi connectivity index (χ1v) is 8.92. The molecule has 116 valence electrons. The lowest BCUT2D eigenvalue weighted by molar-refractivity contribution is 0.569. The van der Waals surface area contributed by atoms with Crippen molar-refractivity contribution < 1.29 is 0 Å². The second-order valence-electron chi connectivity index (χ2n) is 5.34. The lowest BCUT2D eigenvalue weighted by atomic mass is 9.93. The van der Waals surface area contributed by atoms with E-state index < -0.39 is 9.74 Å². The van der Waals surface area contributed by atoms with E-state index in [0.717, 1.165) is 22.7 Å². The number of hydrogen-bond acceptors (Lipinski definition) is 6. The highest BCUT2D eigenvalue weighted by Gasteiger charge is 2.45. The van der Waals surface area contributed by atoms with Crippen LogP contribution in [0.5, 0.6) is 0 Å². The maximum absolute atomic E-state index is 9.82. The van der Waals surface area contributed by atoms with Crippen LogP contribution in [0.2, 0.25) is 0 Å². The number of rotatable bonds is 4. The van der Waals surface area contributed by atoms with Crippen molar-refractivity contribution in [1.29, 1.82) is 10.5 Å². The summed E-state index contributed by atoms with van der Waals surface area (Å²) in [4.78, 5) is 1.17. The molecule has 6 heteroatoms. The summed E-state index contributed by atoms with van der Waals surface area (Å²) >= 11 is 3.25. The molecule has 22 heavy (non-hydrogen) atoms. The van der Waals surface area contributed by atoms with E-state index >= 15 is 0 Å². The number of hydrogen-bond donors (Lipinski definition) is 2. The van der Waals surface area contributed by atoms with Crippen LogP contribution in [0.1, 0.15) is 40.5 Å². The molecule has 0 bridgehead atoms. The van der Waals surface area contributed by atoms with Crippen molar-refractivity contribution in [2.75, 3.05) is 0 Å². The predicted molar refractivity (Wildman–Crippen MR) is 93.3 cm³/mol. The number of nitriles is 2. The Morgan fingerprint density at radius 1 is 0.955 bits per heavy atom. The van der Waals surface area contributed by atoms with Crippen molar-refractivity contribution >= 4 is 23.5 Å². The van der Waals surface area contributed by atoms with Crippen LogP contribution in [0.4, 0.5) is 0 Å². The summed E-state index contributed by atoms with van der Waals surface area (Å²) in [6, 6.07) is 4.64. The zero-order chi connectivity index (χ0) is 16.4. The van der Waals surface area contributed by atoms with E-state index in [9.17, 15) is 10.5 Å². The fourth-order valence-electron chi connectivity index (χ4n) is 2.75. The van der Waals surface area contributed by atoms with E-state index in [0.29, 0.717) is 11.1 Å². The van der Waals surface area contributed by atoms with Crippen LogP contribution in [-0.2, 0) is 0 Å². The molecule has 2 N–H and O–H groups in total. The number of nitrogens with one attached hydrogen (secondary N) is 2. The fourth-order valence-corrected chi connectivity index (χ4v) is 5.11. The lowest BCUT2D eigenvalue weighted by Gasteiger charge is -2.34. The molecule has 0 saturated heterocycles. The second kappa shape index (κ2) is 6.32. The quantitative estimate of drug-likeness (QED) is 0.760. The summed E-state index contributed by atoms with van der Waals surface area (Å²) < 4.78 is 0. The van der Waals surface area contributed by atoms with Crippen LogP contribution < -0.4 is 10.6 Å². The highest BCUT2D eigenvalue weighted by Crippen LogP contribution is 2.49. The molecule has 2 aliphatic heterocycles. The Balaban J connectivity index is 2.56. The van der Waals surface area contributed by atoms with Crippen molar-refractivity contribution in [3.05, 3.63) is 33.4 Å². The van der Waals surface area contributed by atoms with Crippen LogP contribution in [0, 0.1) is 22.7 Å². The van der Waals surface area contributed by atoms with Gasteiger partial charge in [-0.15, -0.1) is 0 Å². The highest BCUT2D eigenvalue weighted by molar-refractivity contribution is 8.05. The van der Waals surface area contributed by atoms with Crippen LogP contribution in [0.3, 0.4) is 0 Å². The second-order valence-corrected chi connectivity index (χ2v) is 8.43. The van der Waals surface area contributed by atoms with Crippen LogP contribution in [-0.4, -0.2) is 9.74 Å². The Labute approximate surface area is 140 Å². The Morgan fingerprint density at radius 3 is 1.50 bits per heavy atom. The van der Waals surface area contributed by atoms with E-state index in [-0.39, 0.29) is 0 Å². The number of thioether (sulfide) groups is 2. The molecule has 0 aromatic rings. The van der Waals surface area contributed by atoms with Gasteiger partial charge in [-0.3, -0.25) is 0 Å². The van der Waals surface area contributed by atoms with E-state index in [4.69, 9.17) is 0 Å². The lowest BCUT2D eigenvalue weighted by Crippen LogP contribution is -2.43. The molecule has 0 aliphatic carbocycles. The van der Waals surface area contributed by atoms with Crippen molar-refractivity contribution in [2.45, 2.75) is 50.3 Å². The SMILES string of the molecule is CCC1(/C(C#N)=C(\C#N)C2(CC)NC=C(C)S2)NC=C(C)S1. The molecule has 2 heterocycles. The summed E-state index contributed by atoms with van der Waals surface area (Å²) in [5.74, 6) is 0. The molecule has 0 fully saturated rings. The summed E-state index contributed by atoms with van der Waals surface area (Å²) in [6.07, 6.45) is 5.32. The van der Waals surface area contributed by atoms with Gasteiger partial charge < -0.3 is 10.6 Å². The van der Waals surface area contributed by atoms with Crippen LogP contribution >= 0.6 is 23.5 Å². The smallest absolute Gasteiger partial charge is 0.124 e. The topological polar surface area (TPSA) is 71.6 Å². The molecule has 0 spiro atoms. The average Bonchev–Trinajstić information content (AvgIpc) is 3.09. The zero-order valence-corrected chi connectivity index (χ0v) is 14.9. The van der Waals surface area contributed by atoms with Gasteiger partial charge in [0.25, 0.3) is 0 Å². The molecule has 2 aliphatic rings. The van der Waals surface area contributed by atoms with E-state index in [2.05, 4.69) is 22.8 Å². The first-order chi connectivity index (χ1) is 10.5. The third-order valence-corrected chi connectivity index (χ3v) is 6.76. The van der Waals surface area contributed by atoms with E-state index in [1.165, 1.54) is 0 Å². The first-order valence-electron chi connectivity index (χ1n) is 7.29. The third kappa shape index (κ3) is 2.62. The van der Waals surface area contributed by atoms with Crippen molar-refractivity contribution in [1.82, 2.24) is 10.6 Å². The van der Waals surface area contributed by atoms with Crippen molar-refractivity contribution in [2.24, 2.45) is 0 Å². The summed E-state index contributed by atoms with van der Waals surface area (Å²) in [5, 5.41) is 26.3. The number of nitrogens with zero attached hydrogens (tertiary/aromatic N) is 2. The summed E-state index contributed by atoms with van der Waals surface area (Å²) in [7, 11) is 0. The minimum absolute atomic E-state index is 0.528. The van der Waals surface area contributed by atoms with Gasteiger partial charge in [-0.1, -0.05) is 37.4 Å². The Hall–Kier alpha value is -1.50. The fraction of sp³-hybridized carbons (Fsp3) is 0.500. The average molecular weight is 332 g/mol. The molecule has 0 amide bonds. The van der Waals surface area contributed by atoms with Gasteiger partial charge in [0.05, 0.1) is 23.3 Å². The first kappa shape index (κ1) is 16.9.